The first-order chi connectivity index (χ1) is 9.41. The average molecular weight is 299 g/mol. The van der Waals surface area contributed by atoms with E-state index in [1.807, 2.05) is 0 Å². The molecular weight excluding hydrogens is 278 g/mol. The van der Waals surface area contributed by atoms with Crippen molar-refractivity contribution < 1.29 is 13.2 Å². The highest BCUT2D eigenvalue weighted by Gasteiger charge is 2.20. The molecule has 1 fully saturated rings. The highest BCUT2D eigenvalue weighted by atomic mass is 32.2. The van der Waals surface area contributed by atoms with Gasteiger partial charge in [-0.2, -0.15) is 0 Å². The quantitative estimate of drug-likeness (QED) is 0.814. The summed E-state index contributed by atoms with van der Waals surface area (Å²) in [6, 6.07) is 4.89. The molecule has 112 valence electrons. The summed E-state index contributed by atoms with van der Waals surface area (Å²) < 4.78 is 30.8. The summed E-state index contributed by atoms with van der Waals surface area (Å²) in [5, 5.41) is 3.27. The van der Waals surface area contributed by atoms with Crippen molar-refractivity contribution in [3.8, 4) is 0 Å². The molecule has 0 spiro atoms. The van der Waals surface area contributed by atoms with Crippen molar-refractivity contribution in [3.05, 3.63) is 18.2 Å². The van der Waals surface area contributed by atoms with Crippen molar-refractivity contribution in [2.75, 3.05) is 38.4 Å². The molecule has 3 N–H and O–H groups in total. The zero-order valence-electron chi connectivity index (χ0n) is 11.8. The molecule has 1 aliphatic rings. The van der Waals surface area contributed by atoms with Crippen LogP contribution in [-0.4, -0.2) is 46.1 Å². The summed E-state index contributed by atoms with van der Waals surface area (Å²) in [7, 11) is -0.435. The highest BCUT2D eigenvalue weighted by molar-refractivity contribution is 7.89. The molecule has 2 rings (SSSR count). The van der Waals surface area contributed by atoms with E-state index in [4.69, 9.17) is 10.5 Å². The second-order valence-corrected chi connectivity index (χ2v) is 7.25. The van der Waals surface area contributed by atoms with E-state index < -0.39 is 10.0 Å². The lowest BCUT2D eigenvalue weighted by atomic mass is 10.1. The number of ether oxygens (including phenoxy) is 1. The van der Waals surface area contributed by atoms with E-state index >= 15 is 0 Å². The maximum absolute atomic E-state index is 12.1. The lowest BCUT2D eigenvalue weighted by molar-refractivity contribution is 0.0876. The van der Waals surface area contributed by atoms with Crippen LogP contribution in [0.5, 0.6) is 0 Å². The van der Waals surface area contributed by atoms with Gasteiger partial charge in [-0.25, -0.2) is 12.7 Å². The fraction of sp³-hybridized carbons (Fsp3) is 0.538. The van der Waals surface area contributed by atoms with Crippen LogP contribution in [0, 0.1) is 0 Å². The van der Waals surface area contributed by atoms with Crippen molar-refractivity contribution in [2.24, 2.45) is 0 Å². The van der Waals surface area contributed by atoms with E-state index in [2.05, 4.69) is 5.32 Å². The van der Waals surface area contributed by atoms with Crippen LogP contribution < -0.4 is 11.1 Å². The van der Waals surface area contributed by atoms with Gasteiger partial charge in [0.05, 0.1) is 22.9 Å². The summed E-state index contributed by atoms with van der Waals surface area (Å²) in [4.78, 5) is 0.232. The Morgan fingerprint density at radius 1 is 1.40 bits per heavy atom. The Balaban J connectivity index is 2.25. The van der Waals surface area contributed by atoms with Gasteiger partial charge in [-0.1, -0.05) is 0 Å². The zero-order valence-corrected chi connectivity index (χ0v) is 12.6. The molecule has 1 aromatic carbocycles. The molecule has 0 saturated carbocycles. The number of hydrogen-bond acceptors (Lipinski definition) is 5. The van der Waals surface area contributed by atoms with Gasteiger partial charge in [-0.15, -0.1) is 0 Å². The summed E-state index contributed by atoms with van der Waals surface area (Å²) in [6.07, 6.45) is 1.98. The average Bonchev–Trinajstić information content (AvgIpc) is 2.42. The number of nitrogens with one attached hydrogen (secondary N) is 1. The molecule has 1 unspecified atom stereocenters. The number of benzene rings is 1. The van der Waals surface area contributed by atoms with Gasteiger partial charge in [-0.3, -0.25) is 0 Å². The Kier molecular flexibility index (Phi) is 4.52. The third-order valence-corrected chi connectivity index (χ3v) is 5.13. The standard InChI is InChI=1S/C13H21N3O3S/c1-16(2)20(17,18)11-5-6-12(14)13(8-11)15-10-4-3-7-19-9-10/h5-6,8,10,15H,3-4,7,9,14H2,1-2H3. The van der Waals surface area contributed by atoms with Crippen molar-refractivity contribution in [1.82, 2.24) is 4.31 Å². The van der Waals surface area contributed by atoms with Crippen LogP contribution >= 0.6 is 0 Å². The SMILES string of the molecule is CN(C)S(=O)(=O)c1ccc(N)c(NC2CCCOC2)c1. The number of nitrogens with zero attached hydrogens (tertiary/aromatic N) is 1. The molecule has 7 heteroatoms. The lowest BCUT2D eigenvalue weighted by Gasteiger charge is -2.25. The summed E-state index contributed by atoms with van der Waals surface area (Å²) in [5.74, 6) is 0. The predicted octanol–water partition coefficient (Wildman–Crippen LogP) is 1.11. The Morgan fingerprint density at radius 3 is 2.75 bits per heavy atom. The Labute approximate surface area is 120 Å². The molecule has 1 saturated heterocycles. The minimum atomic E-state index is -3.45. The molecule has 0 aliphatic carbocycles. The highest BCUT2D eigenvalue weighted by Crippen LogP contribution is 2.26. The molecule has 1 aliphatic heterocycles. The van der Waals surface area contributed by atoms with Gasteiger partial charge < -0.3 is 15.8 Å². The van der Waals surface area contributed by atoms with E-state index in [1.54, 1.807) is 12.1 Å². The third-order valence-electron chi connectivity index (χ3n) is 3.32. The molecule has 20 heavy (non-hydrogen) atoms. The van der Waals surface area contributed by atoms with Gasteiger partial charge in [0.2, 0.25) is 10.0 Å². The fourth-order valence-electron chi connectivity index (χ4n) is 2.11. The largest absolute Gasteiger partial charge is 0.397 e. The number of anilines is 2. The monoisotopic (exact) mass is 299 g/mol. The number of sulfonamides is 1. The Morgan fingerprint density at radius 2 is 2.15 bits per heavy atom. The van der Waals surface area contributed by atoms with Crippen molar-refractivity contribution in [3.63, 3.8) is 0 Å². The third kappa shape index (κ3) is 3.23. The van der Waals surface area contributed by atoms with E-state index in [9.17, 15) is 8.42 Å². The van der Waals surface area contributed by atoms with Crippen molar-refractivity contribution >= 4 is 21.4 Å². The van der Waals surface area contributed by atoms with Crippen LogP contribution in [0.2, 0.25) is 0 Å². The zero-order chi connectivity index (χ0) is 14.8. The normalized spacial score (nSPS) is 20.1. The van der Waals surface area contributed by atoms with Crippen molar-refractivity contribution in [1.29, 1.82) is 0 Å². The van der Waals surface area contributed by atoms with Crippen molar-refractivity contribution in [2.45, 2.75) is 23.8 Å². The number of nitrogens with two attached hydrogens (primary N) is 1. The minimum absolute atomic E-state index is 0.170. The number of hydrogen-bond donors (Lipinski definition) is 2. The lowest BCUT2D eigenvalue weighted by Crippen LogP contribution is -2.30. The molecule has 0 bridgehead atoms. The molecule has 1 atom stereocenters. The van der Waals surface area contributed by atoms with E-state index in [0.29, 0.717) is 18.0 Å². The summed E-state index contributed by atoms with van der Waals surface area (Å²) >= 11 is 0. The summed E-state index contributed by atoms with van der Waals surface area (Å²) in [5.41, 5.74) is 7.09. The maximum Gasteiger partial charge on any atom is 0.242 e. The number of rotatable bonds is 4. The van der Waals surface area contributed by atoms with Crippen LogP contribution in [0.3, 0.4) is 0 Å². The molecule has 0 amide bonds. The smallest absolute Gasteiger partial charge is 0.242 e. The second kappa shape index (κ2) is 5.99. The fourth-order valence-corrected chi connectivity index (χ4v) is 3.03. The molecule has 6 nitrogen and oxygen atoms in total. The topological polar surface area (TPSA) is 84.7 Å². The van der Waals surface area contributed by atoms with Gasteiger partial charge in [0.25, 0.3) is 0 Å². The van der Waals surface area contributed by atoms with Gasteiger partial charge in [-0.05, 0) is 31.0 Å². The molecule has 1 heterocycles. The number of nitrogen functional groups attached to an aromatic ring is 1. The van der Waals surface area contributed by atoms with E-state index in [1.165, 1.54) is 24.5 Å². The van der Waals surface area contributed by atoms with Crippen LogP contribution in [0.1, 0.15) is 12.8 Å². The van der Waals surface area contributed by atoms with E-state index in [0.717, 1.165) is 19.4 Å². The van der Waals surface area contributed by atoms with E-state index in [-0.39, 0.29) is 10.9 Å². The minimum Gasteiger partial charge on any atom is -0.397 e. The maximum atomic E-state index is 12.1. The van der Waals surface area contributed by atoms with Gasteiger partial charge in [0.15, 0.2) is 0 Å². The Hall–Kier alpha value is -1.31. The summed E-state index contributed by atoms with van der Waals surface area (Å²) in [6.45, 7) is 1.40. The Bertz CT molecular complexity index is 566. The van der Waals surface area contributed by atoms with Gasteiger partial charge >= 0.3 is 0 Å². The van der Waals surface area contributed by atoms with Crippen LogP contribution in [0.4, 0.5) is 11.4 Å². The second-order valence-electron chi connectivity index (χ2n) is 5.09. The predicted molar refractivity (Wildman–Crippen MR) is 79.2 cm³/mol. The first-order valence-electron chi connectivity index (χ1n) is 6.57. The molecular formula is C13H21N3O3S. The molecule has 0 radical (unpaired) electrons. The van der Waals surface area contributed by atoms with Gasteiger partial charge in [0.1, 0.15) is 0 Å². The van der Waals surface area contributed by atoms with Crippen LogP contribution in [0.25, 0.3) is 0 Å². The molecule has 0 aromatic heterocycles. The van der Waals surface area contributed by atoms with Crippen LogP contribution in [0.15, 0.2) is 23.1 Å². The van der Waals surface area contributed by atoms with Gasteiger partial charge in [0, 0.05) is 26.7 Å². The molecule has 1 aromatic rings. The van der Waals surface area contributed by atoms with Crippen LogP contribution in [-0.2, 0) is 14.8 Å². The first kappa shape index (κ1) is 15.1. The first-order valence-corrected chi connectivity index (χ1v) is 8.01.